The van der Waals surface area contributed by atoms with Crippen LogP contribution in [0.25, 0.3) is 0 Å². The maximum Gasteiger partial charge on any atom is 0.573 e. The van der Waals surface area contributed by atoms with Crippen LogP contribution < -0.4 is 9.47 Å². The van der Waals surface area contributed by atoms with Gasteiger partial charge in [0.1, 0.15) is 12.4 Å². The molecule has 0 aromatic heterocycles. The lowest BCUT2D eigenvalue weighted by molar-refractivity contribution is -0.274. The van der Waals surface area contributed by atoms with E-state index in [-0.39, 0.29) is 17.3 Å². The maximum absolute atomic E-state index is 13.6. The first kappa shape index (κ1) is 23.0. The van der Waals surface area contributed by atoms with E-state index in [9.17, 15) is 22.4 Å². The predicted octanol–water partition coefficient (Wildman–Crippen LogP) is 4.05. The number of carbonyl (C=O) groups excluding carboxylic acids is 1. The van der Waals surface area contributed by atoms with Crippen molar-refractivity contribution in [2.75, 3.05) is 39.3 Å². The van der Waals surface area contributed by atoms with Crippen molar-refractivity contribution in [2.45, 2.75) is 19.3 Å². The summed E-state index contributed by atoms with van der Waals surface area (Å²) in [4.78, 5) is 16.4. The number of piperazine rings is 1. The van der Waals surface area contributed by atoms with E-state index < -0.39 is 18.2 Å². The molecule has 0 aliphatic carbocycles. The number of hydrogen-bond acceptors (Lipinski definition) is 5. The van der Waals surface area contributed by atoms with Crippen molar-refractivity contribution in [1.29, 1.82) is 0 Å². The molecule has 1 saturated heterocycles. The number of halogens is 4. The van der Waals surface area contributed by atoms with Crippen LogP contribution >= 0.6 is 0 Å². The third-order valence-corrected chi connectivity index (χ3v) is 5.09. The number of hydrogen-bond donors (Lipinski definition) is 0. The highest BCUT2D eigenvalue weighted by Gasteiger charge is 2.32. The van der Waals surface area contributed by atoms with E-state index in [1.807, 2.05) is 4.90 Å². The molecule has 2 aromatic rings. The minimum atomic E-state index is -4.76. The quantitative estimate of drug-likeness (QED) is 0.580. The first-order chi connectivity index (χ1) is 14.7. The van der Waals surface area contributed by atoms with Crippen molar-refractivity contribution < 1.29 is 31.8 Å². The van der Waals surface area contributed by atoms with Crippen molar-refractivity contribution >= 4 is 5.78 Å². The maximum atomic E-state index is 13.6. The Morgan fingerprint density at radius 3 is 2.26 bits per heavy atom. The fraction of sp³-hybridized carbons (Fsp3) is 0.409. The van der Waals surface area contributed by atoms with Gasteiger partial charge in [-0.3, -0.25) is 14.6 Å². The molecule has 0 saturated carbocycles. The smallest absolute Gasteiger partial charge is 0.489 e. The Morgan fingerprint density at radius 2 is 1.68 bits per heavy atom. The largest absolute Gasteiger partial charge is 0.573 e. The second-order valence-corrected chi connectivity index (χ2v) is 7.29. The van der Waals surface area contributed by atoms with Gasteiger partial charge in [-0.25, -0.2) is 4.39 Å². The van der Waals surface area contributed by atoms with E-state index in [2.05, 4.69) is 9.64 Å². The Kier molecular flexibility index (Phi) is 7.50. The van der Waals surface area contributed by atoms with E-state index >= 15 is 0 Å². The predicted molar refractivity (Wildman–Crippen MR) is 106 cm³/mol. The lowest BCUT2D eigenvalue weighted by atomic mass is 10.0. The zero-order chi connectivity index (χ0) is 22.4. The normalized spacial score (nSPS) is 16.7. The van der Waals surface area contributed by atoms with Crippen LogP contribution in [-0.4, -0.2) is 61.3 Å². The summed E-state index contributed by atoms with van der Waals surface area (Å²) >= 11 is 0. The molecule has 1 aliphatic heterocycles. The number of carbonyl (C=O) groups is 1. The molecule has 0 radical (unpaired) electrons. The van der Waals surface area contributed by atoms with E-state index in [1.54, 1.807) is 18.2 Å². The van der Waals surface area contributed by atoms with Crippen LogP contribution in [0.1, 0.15) is 18.5 Å². The van der Waals surface area contributed by atoms with Gasteiger partial charge in [-0.05, 0) is 36.8 Å². The Morgan fingerprint density at radius 1 is 1.03 bits per heavy atom. The summed E-state index contributed by atoms with van der Waals surface area (Å²) in [5.41, 5.74) is 0.623. The Labute approximate surface area is 178 Å². The number of nitrogens with zero attached hydrogens (tertiary/aromatic N) is 2. The molecule has 0 spiro atoms. The molecule has 1 atom stereocenters. The average Bonchev–Trinajstić information content (AvgIpc) is 2.71. The molecule has 3 rings (SSSR count). The van der Waals surface area contributed by atoms with Crippen LogP contribution in [-0.2, 0) is 4.79 Å². The molecule has 168 valence electrons. The van der Waals surface area contributed by atoms with Crippen LogP contribution in [0.4, 0.5) is 17.6 Å². The molecular weight excluding hydrogens is 416 g/mol. The third-order valence-electron chi connectivity index (χ3n) is 5.09. The van der Waals surface area contributed by atoms with Gasteiger partial charge in [0.2, 0.25) is 0 Å². The van der Waals surface area contributed by atoms with Crippen molar-refractivity contribution in [3.8, 4) is 11.5 Å². The molecule has 2 aromatic carbocycles. The summed E-state index contributed by atoms with van der Waals surface area (Å²) in [6.07, 6.45) is -4.76. The molecule has 0 bridgehead atoms. The zero-order valence-electron chi connectivity index (χ0n) is 17.1. The summed E-state index contributed by atoms with van der Waals surface area (Å²) in [5, 5.41) is 0. The molecule has 1 fully saturated rings. The molecule has 1 heterocycles. The van der Waals surface area contributed by atoms with Gasteiger partial charge in [0.25, 0.3) is 0 Å². The molecule has 9 heteroatoms. The first-order valence-electron chi connectivity index (χ1n) is 9.93. The fourth-order valence-electron chi connectivity index (χ4n) is 3.65. The van der Waals surface area contributed by atoms with Gasteiger partial charge in [0.15, 0.2) is 17.3 Å². The van der Waals surface area contributed by atoms with Crippen LogP contribution in [0.2, 0.25) is 0 Å². The van der Waals surface area contributed by atoms with E-state index in [4.69, 9.17) is 4.74 Å². The monoisotopic (exact) mass is 440 g/mol. The average molecular weight is 440 g/mol. The first-order valence-corrected chi connectivity index (χ1v) is 9.93. The Bertz CT molecular complexity index is 866. The van der Waals surface area contributed by atoms with Crippen LogP contribution in [0.3, 0.4) is 0 Å². The number of rotatable bonds is 8. The second-order valence-electron chi connectivity index (χ2n) is 7.29. The topological polar surface area (TPSA) is 42.0 Å². The molecular formula is C22H24F4N2O3. The van der Waals surface area contributed by atoms with Crippen LogP contribution in [0.5, 0.6) is 11.5 Å². The number of ketones is 1. The number of alkyl halides is 3. The van der Waals surface area contributed by atoms with Crippen LogP contribution in [0.15, 0.2) is 48.5 Å². The van der Waals surface area contributed by atoms with Gasteiger partial charge in [0.05, 0.1) is 6.04 Å². The van der Waals surface area contributed by atoms with Gasteiger partial charge < -0.3 is 9.47 Å². The van der Waals surface area contributed by atoms with Gasteiger partial charge in [-0.15, -0.1) is 13.2 Å². The highest BCUT2D eigenvalue weighted by Crippen LogP contribution is 2.28. The third kappa shape index (κ3) is 6.67. The van der Waals surface area contributed by atoms with Crippen LogP contribution in [0, 0.1) is 5.82 Å². The zero-order valence-corrected chi connectivity index (χ0v) is 17.1. The second kappa shape index (κ2) is 10.1. The lowest BCUT2D eigenvalue weighted by Crippen LogP contribution is -2.49. The Balaban J connectivity index is 1.52. The summed E-state index contributed by atoms with van der Waals surface area (Å²) in [7, 11) is 0. The fourth-order valence-corrected chi connectivity index (χ4v) is 3.65. The van der Waals surface area contributed by atoms with Gasteiger partial charge in [-0.2, -0.15) is 0 Å². The van der Waals surface area contributed by atoms with Crippen molar-refractivity contribution in [2.24, 2.45) is 0 Å². The molecule has 5 nitrogen and oxygen atoms in total. The highest BCUT2D eigenvalue weighted by molar-refractivity contribution is 5.83. The van der Waals surface area contributed by atoms with Gasteiger partial charge in [-0.1, -0.05) is 24.3 Å². The number of ether oxygens (including phenoxy) is 2. The van der Waals surface area contributed by atoms with E-state index in [0.29, 0.717) is 44.9 Å². The van der Waals surface area contributed by atoms with E-state index in [1.165, 1.54) is 37.3 Å². The standard InChI is InChI=1S/C22H24F4N2O3/c1-16(29)21(17-6-8-18(9-7-17)31-22(24,25)26)28-12-10-27(11-13-28)14-15-30-20-5-3-2-4-19(20)23/h2-9,21H,10-15H2,1H3. The van der Waals surface area contributed by atoms with Gasteiger partial charge >= 0.3 is 6.36 Å². The highest BCUT2D eigenvalue weighted by atomic mass is 19.4. The summed E-state index contributed by atoms with van der Waals surface area (Å²) < 4.78 is 60.0. The van der Waals surface area contributed by atoms with E-state index in [0.717, 1.165) is 0 Å². The summed E-state index contributed by atoms with van der Waals surface area (Å²) in [6.45, 7) is 5.06. The molecule has 1 aliphatic rings. The number of Topliss-reactive ketones (excluding diaryl/α,β-unsaturated/α-hetero) is 1. The molecule has 0 N–H and O–H groups in total. The summed E-state index contributed by atoms with van der Waals surface area (Å²) in [6, 6.07) is 11.1. The molecule has 31 heavy (non-hydrogen) atoms. The van der Waals surface area contributed by atoms with Gasteiger partial charge in [0, 0.05) is 32.7 Å². The lowest BCUT2D eigenvalue weighted by Gasteiger charge is -2.38. The molecule has 0 amide bonds. The van der Waals surface area contributed by atoms with Crippen molar-refractivity contribution in [1.82, 2.24) is 9.80 Å². The Hall–Kier alpha value is -2.65. The summed E-state index contributed by atoms with van der Waals surface area (Å²) in [5.74, 6) is -0.585. The number of para-hydroxylation sites is 1. The minimum absolute atomic E-state index is 0.0826. The SMILES string of the molecule is CC(=O)C(c1ccc(OC(F)(F)F)cc1)N1CCN(CCOc2ccccc2F)CC1. The molecule has 1 unspecified atom stereocenters. The van der Waals surface area contributed by atoms with Crippen molar-refractivity contribution in [3.05, 3.63) is 59.9 Å². The van der Waals surface area contributed by atoms with Crippen molar-refractivity contribution in [3.63, 3.8) is 0 Å². The minimum Gasteiger partial charge on any atom is -0.489 e. The number of benzene rings is 2.